The van der Waals surface area contributed by atoms with E-state index in [1.165, 1.54) is 22.3 Å². The van der Waals surface area contributed by atoms with Crippen LogP contribution >= 0.6 is 0 Å². The van der Waals surface area contributed by atoms with Crippen molar-refractivity contribution >= 4 is 17.9 Å². The number of carbonyl (C=O) groups excluding carboxylic acids is 3. The van der Waals surface area contributed by atoms with Crippen molar-refractivity contribution in [3.05, 3.63) is 34.4 Å². The summed E-state index contributed by atoms with van der Waals surface area (Å²) < 4.78 is 4.85. The topological polar surface area (TPSA) is 111 Å². The summed E-state index contributed by atoms with van der Waals surface area (Å²) in [5.74, 6) is -0.920. The van der Waals surface area contributed by atoms with Crippen LogP contribution < -0.4 is 16.4 Å². The lowest BCUT2D eigenvalue weighted by molar-refractivity contribution is -0.148. The average molecular weight is 377 g/mol. The summed E-state index contributed by atoms with van der Waals surface area (Å²) in [6, 6.07) is 3.69. The Morgan fingerprint density at radius 3 is 2.15 bits per heavy atom. The number of nitrogens with two attached hydrogens (primary N) is 1. The lowest BCUT2D eigenvalue weighted by Gasteiger charge is -2.22. The van der Waals surface area contributed by atoms with E-state index in [1.807, 2.05) is 0 Å². The number of aryl methyl sites for hydroxylation is 2. The minimum absolute atomic E-state index is 0.0330. The highest BCUT2D eigenvalue weighted by atomic mass is 16.5. The number of rotatable bonds is 8. The second-order valence-electron chi connectivity index (χ2n) is 7.64. The molecule has 7 nitrogen and oxygen atoms in total. The van der Waals surface area contributed by atoms with Gasteiger partial charge in [-0.3, -0.25) is 9.59 Å². The third kappa shape index (κ3) is 8.11. The number of amides is 3. The van der Waals surface area contributed by atoms with Gasteiger partial charge in [-0.05, 0) is 47.9 Å². The SMILES string of the molecule is Cc1cc(C(C)(C)C)cc(C)c1CCNC(=O)COC(=O)CCNC(N)=O. The van der Waals surface area contributed by atoms with E-state index in [-0.39, 0.29) is 30.9 Å². The fourth-order valence-corrected chi connectivity index (χ4v) is 2.70. The highest BCUT2D eigenvalue weighted by Gasteiger charge is 2.16. The van der Waals surface area contributed by atoms with E-state index in [0.717, 1.165) is 0 Å². The molecule has 0 heterocycles. The molecule has 0 aliphatic carbocycles. The average Bonchev–Trinajstić information content (AvgIpc) is 2.54. The molecule has 0 atom stereocenters. The van der Waals surface area contributed by atoms with E-state index in [1.54, 1.807) is 0 Å². The van der Waals surface area contributed by atoms with E-state index in [0.29, 0.717) is 13.0 Å². The molecule has 0 aliphatic heterocycles. The first-order valence-electron chi connectivity index (χ1n) is 9.07. The zero-order valence-corrected chi connectivity index (χ0v) is 16.9. The summed E-state index contributed by atoms with van der Waals surface area (Å²) in [4.78, 5) is 33.7. The Morgan fingerprint density at radius 2 is 1.63 bits per heavy atom. The van der Waals surface area contributed by atoms with Gasteiger partial charge in [0.15, 0.2) is 6.61 Å². The molecule has 1 aromatic carbocycles. The molecule has 7 heteroatoms. The fourth-order valence-electron chi connectivity index (χ4n) is 2.70. The third-order valence-corrected chi connectivity index (χ3v) is 4.25. The number of ether oxygens (including phenoxy) is 1. The molecule has 3 amide bonds. The van der Waals surface area contributed by atoms with Crippen LogP contribution in [0.5, 0.6) is 0 Å². The molecule has 0 saturated heterocycles. The van der Waals surface area contributed by atoms with Crippen molar-refractivity contribution in [3.8, 4) is 0 Å². The van der Waals surface area contributed by atoms with Gasteiger partial charge in [0.25, 0.3) is 5.91 Å². The van der Waals surface area contributed by atoms with Crippen LogP contribution in [0.15, 0.2) is 12.1 Å². The van der Waals surface area contributed by atoms with Crippen LogP contribution in [0.3, 0.4) is 0 Å². The predicted octanol–water partition coefficient (Wildman–Crippen LogP) is 1.86. The molecular formula is C20H31N3O4. The molecule has 0 radical (unpaired) electrons. The Bertz CT molecular complexity index is 670. The maximum absolute atomic E-state index is 11.8. The van der Waals surface area contributed by atoms with Crippen LogP contribution in [0.4, 0.5) is 4.79 Å². The number of hydrogen-bond donors (Lipinski definition) is 3. The molecule has 0 bridgehead atoms. The highest BCUT2D eigenvalue weighted by molar-refractivity contribution is 5.80. The Kier molecular flexibility index (Phi) is 8.28. The van der Waals surface area contributed by atoms with Gasteiger partial charge in [0, 0.05) is 13.1 Å². The molecule has 4 N–H and O–H groups in total. The summed E-state index contributed by atoms with van der Waals surface area (Å²) in [6.45, 7) is 10.9. The standard InChI is InChI=1S/C20H31N3O4/c1-13-10-15(20(3,4)5)11-14(2)16(13)6-8-22-17(24)12-27-18(25)7-9-23-19(21)26/h10-11H,6-9,12H2,1-5H3,(H,22,24)(H3,21,23,26). The van der Waals surface area contributed by atoms with Gasteiger partial charge in [0.1, 0.15) is 0 Å². The molecule has 0 spiro atoms. The van der Waals surface area contributed by atoms with E-state index in [4.69, 9.17) is 10.5 Å². The van der Waals surface area contributed by atoms with E-state index >= 15 is 0 Å². The Hall–Kier alpha value is -2.57. The molecule has 1 aromatic rings. The zero-order valence-electron chi connectivity index (χ0n) is 16.9. The van der Waals surface area contributed by atoms with E-state index in [9.17, 15) is 14.4 Å². The van der Waals surface area contributed by atoms with Gasteiger partial charge >= 0.3 is 12.0 Å². The largest absolute Gasteiger partial charge is 0.456 e. The number of primary amides is 1. The first-order chi connectivity index (χ1) is 12.5. The Morgan fingerprint density at radius 1 is 1.04 bits per heavy atom. The second kappa shape index (κ2) is 9.94. The zero-order chi connectivity index (χ0) is 20.6. The second-order valence-corrected chi connectivity index (χ2v) is 7.64. The van der Waals surface area contributed by atoms with Gasteiger partial charge < -0.3 is 21.1 Å². The number of hydrogen-bond acceptors (Lipinski definition) is 4. The molecule has 0 saturated carbocycles. The van der Waals surface area contributed by atoms with Crippen LogP contribution in [0.25, 0.3) is 0 Å². The van der Waals surface area contributed by atoms with Crippen molar-refractivity contribution in [2.24, 2.45) is 5.73 Å². The van der Waals surface area contributed by atoms with Gasteiger partial charge in [-0.25, -0.2) is 4.79 Å². The molecule has 0 unspecified atom stereocenters. The minimum atomic E-state index is -0.707. The summed E-state index contributed by atoms with van der Waals surface area (Å²) in [7, 11) is 0. The number of esters is 1. The molecule has 0 fully saturated rings. The Balaban J connectivity index is 2.42. The normalized spacial score (nSPS) is 11.0. The quantitative estimate of drug-likeness (QED) is 0.601. The van der Waals surface area contributed by atoms with Gasteiger partial charge in [0.2, 0.25) is 0 Å². The maximum atomic E-state index is 11.8. The molecule has 0 aromatic heterocycles. The van der Waals surface area contributed by atoms with Crippen molar-refractivity contribution in [2.45, 2.75) is 52.9 Å². The maximum Gasteiger partial charge on any atom is 0.312 e. The molecular weight excluding hydrogens is 346 g/mol. The van der Waals surface area contributed by atoms with Crippen molar-refractivity contribution < 1.29 is 19.1 Å². The third-order valence-electron chi connectivity index (χ3n) is 4.25. The monoisotopic (exact) mass is 377 g/mol. The van der Waals surface area contributed by atoms with Crippen LogP contribution in [-0.4, -0.2) is 37.6 Å². The van der Waals surface area contributed by atoms with Crippen molar-refractivity contribution in [1.82, 2.24) is 10.6 Å². The smallest absolute Gasteiger partial charge is 0.312 e. The van der Waals surface area contributed by atoms with Crippen LogP contribution in [-0.2, 0) is 26.2 Å². The van der Waals surface area contributed by atoms with E-state index < -0.39 is 12.0 Å². The fraction of sp³-hybridized carbons (Fsp3) is 0.550. The van der Waals surface area contributed by atoms with Crippen LogP contribution in [0.2, 0.25) is 0 Å². The first kappa shape index (κ1) is 22.5. The lowest BCUT2D eigenvalue weighted by Crippen LogP contribution is -2.33. The molecule has 150 valence electrons. The van der Waals surface area contributed by atoms with Crippen LogP contribution in [0, 0.1) is 13.8 Å². The molecule has 0 aliphatic rings. The van der Waals surface area contributed by atoms with E-state index in [2.05, 4.69) is 57.4 Å². The number of benzene rings is 1. The summed E-state index contributed by atoms with van der Waals surface area (Å²) in [5.41, 5.74) is 9.92. The first-order valence-corrected chi connectivity index (χ1v) is 9.07. The summed E-state index contributed by atoms with van der Waals surface area (Å²) in [6.07, 6.45) is 0.680. The van der Waals surface area contributed by atoms with Gasteiger partial charge in [-0.15, -0.1) is 0 Å². The minimum Gasteiger partial charge on any atom is -0.456 e. The summed E-state index contributed by atoms with van der Waals surface area (Å²) >= 11 is 0. The lowest BCUT2D eigenvalue weighted by atomic mass is 9.83. The van der Waals surface area contributed by atoms with Crippen molar-refractivity contribution in [2.75, 3.05) is 19.7 Å². The van der Waals surface area contributed by atoms with Crippen LogP contribution in [0.1, 0.15) is 49.4 Å². The van der Waals surface area contributed by atoms with Crippen molar-refractivity contribution in [1.29, 1.82) is 0 Å². The molecule has 27 heavy (non-hydrogen) atoms. The van der Waals surface area contributed by atoms with Gasteiger partial charge in [-0.2, -0.15) is 0 Å². The van der Waals surface area contributed by atoms with Crippen molar-refractivity contribution in [3.63, 3.8) is 0 Å². The van der Waals surface area contributed by atoms with Gasteiger partial charge in [0.05, 0.1) is 6.42 Å². The van der Waals surface area contributed by atoms with Gasteiger partial charge in [-0.1, -0.05) is 32.9 Å². The number of urea groups is 1. The summed E-state index contributed by atoms with van der Waals surface area (Å²) in [5, 5.41) is 5.03. The Labute approximate surface area is 161 Å². The molecule has 1 rings (SSSR count). The highest BCUT2D eigenvalue weighted by Crippen LogP contribution is 2.27. The predicted molar refractivity (Wildman–Crippen MR) is 104 cm³/mol. The number of carbonyl (C=O) groups is 3. The number of nitrogens with one attached hydrogen (secondary N) is 2.